The molecule has 2 rings (SSSR count). The number of hydrogen-bond donors (Lipinski definition) is 1. The van der Waals surface area contributed by atoms with E-state index in [1.54, 1.807) is 0 Å². The van der Waals surface area contributed by atoms with E-state index >= 15 is 0 Å². The summed E-state index contributed by atoms with van der Waals surface area (Å²) in [5.74, 6) is 0.930. The maximum absolute atomic E-state index is 12.2. The molecule has 0 aromatic rings. The number of carbonyl (C=O) groups is 2. The Morgan fingerprint density at radius 2 is 1.89 bits per heavy atom. The number of amides is 3. The summed E-state index contributed by atoms with van der Waals surface area (Å²) in [5.41, 5.74) is 0. The highest BCUT2D eigenvalue weighted by Gasteiger charge is 2.38. The normalized spacial score (nSPS) is 25.9. The minimum Gasteiger partial charge on any atom is -0.326 e. The topological polar surface area (TPSA) is 49.4 Å². The zero-order valence-corrected chi connectivity index (χ0v) is 11.4. The van der Waals surface area contributed by atoms with Gasteiger partial charge in [0.2, 0.25) is 0 Å². The van der Waals surface area contributed by atoms with Crippen LogP contribution in [-0.2, 0) is 4.79 Å². The Bertz CT molecular complexity index is 322. The third kappa shape index (κ3) is 3.03. The van der Waals surface area contributed by atoms with Crippen molar-refractivity contribution in [3.8, 4) is 0 Å². The van der Waals surface area contributed by atoms with Gasteiger partial charge in [-0.15, -0.1) is 0 Å². The van der Waals surface area contributed by atoms with Gasteiger partial charge in [-0.2, -0.15) is 0 Å². The van der Waals surface area contributed by atoms with Crippen LogP contribution in [-0.4, -0.2) is 29.4 Å². The predicted molar refractivity (Wildman–Crippen MR) is 70.1 cm³/mol. The molecule has 1 saturated heterocycles. The smallest absolute Gasteiger partial charge is 0.324 e. The molecule has 2 fully saturated rings. The molecule has 18 heavy (non-hydrogen) atoms. The molecule has 1 saturated carbocycles. The second-order valence-electron chi connectivity index (χ2n) is 6.08. The second kappa shape index (κ2) is 5.72. The lowest BCUT2D eigenvalue weighted by Gasteiger charge is -2.25. The van der Waals surface area contributed by atoms with Crippen molar-refractivity contribution in [1.29, 1.82) is 0 Å². The molecule has 0 aromatic heterocycles. The van der Waals surface area contributed by atoms with Gasteiger partial charge in [-0.05, 0) is 31.1 Å². The highest BCUT2D eigenvalue weighted by atomic mass is 16.2. The predicted octanol–water partition coefficient (Wildman–Crippen LogP) is 2.53. The standard InChI is InChI=1S/C14H24N2O2/c1-10(2)8-12-13(17)16(14(18)15-12)9-11-6-4-3-5-7-11/h10-12H,3-9H2,1-2H3,(H,15,18)/t12-/m0/s1. The quantitative estimate of drug-likeness (QED) is 0.782. The van der Waals surface area contributed by atoms with Crippen LogP contribution in [0.25, 0.3) is 0 Å². The average Bonchev–Trinajstić information content (AvgIpc) is 2.58. The average molecular weight is 252 g/mol. The molecular weight excluding hydrogens is 228 g/mol. The number of rotatable bonds is 4. The molecule has 1 N–H and O–H groups in total. The molecule has 0 spiro atoms. The molecule has 4 heteroatoms. The van der Waals surface area contributed by atoms with Crippen LogP contribution in [0.4, 0.5) is 4.79 Å². The first-order chi connectivity index (χ1) is 8.58. The molecular formula is C14H24N2O2. The van der Waals surface area contributed by atoms with Crippen LogP contribution in [0.3, 0.4) is 0 Å². The van der Waals surface area contributed by atoms with Crippen molar-refractivity contribution >= 4 is 11.9 Å². The molecule has 1 aliphatic heterocycles. The Labute approximate surface area is 109 Å². The highest BCUT2D eigenvalue weighted by Crippen LogP contribution is 2.26. The summed E-state index contributed by atoms with van der Waals surface area (Å²) in [5, 5.41) is 2.81. The largest absolute Gasteiger partial charge is 0.326 e. The van der Waals surface area contributed by atoms with Gasteiger partial charge in [0.15, 0.2) is 0 Å². The molecule has 102 valence electrons. The molecule has 3 amide bonds. The van der Waals surface area contributed by atoms with Crippen molar-refractivity contribution in [3.63, 3.8) is 0 Å². The van der Waals surface area contributed by atoms with Gasteiger partial charge in [0.25, 0.3) is 5.91 Å². The summed E-state index contributed by atoms with van der Waals surface area (Å²) in [6.07, 6.45) is 6.84. The van der Waals surface area contributed by atoms with Gasteiger partial charge in [0.05, 0.1) is 0 Å². The van der Waals surface area contributed by atoms with E-state index in [2.05, 4.69) is 19.2 Å². The number of urea groups is 1. The maximum atomic E-state index is 12.2. The van der Waals surface area contributed by atoms with Crippen molar-refractivity contribution < 1.29 is 9.59 Å². The van der Waals surface area contributed by atoms with E-state index in [1.807, 2.05) is 0 Å². The first-order valence-corrected chi connectivity index (χ1v) is 7.19. The van der Waals surface area contributed by atoms with Gasteiger partial charge in [0.1, 0.15) is 6.04 Å². The summed E-state index contributed by atoms with van der Waals surface area (Å²) in [7, 11) is 0. The fourth-order valence-corrected chi connectivity index (χ4v) is 3.01. The van der Waals surface area contributed by atoms with Crippen molar-refractivity contribution in [3.05, 3.63) is 0 Å². The number of nitrogens with zero attached hydrogens (tertiary/aromatic N) is 1. The van der Waals surface area contributed by atoms with Crippen LogP contribution in [0.1, 0.15) is 52.4 Å². The van der Waals surface area contributed by atoms with E-state index in [9.17, 15) is 9.59 Å². The summed E-state index contributed by atoms with van der Waals surface area (Å²) in [6, 6.07) is -0.475. The van der Waals surface area contributed by atoms with E-state index in [-0.39, 0.29) is 18.0 Å². The van der Waals surface area contributed by atoms with Gasteiger partial charge in [-0.3, -0.25) is 9.69 Å². The summed E-state index contributed by atoms with van der Waals surface area (Å²) in [4.78, 5) is 25.5. The monoisotopic (exact) mass is 252 g/mol. The van der Waals surface area contributed by atoms with Crippen molar-refractivity contribution in [2.75, 3.05) is 6.54 Å². The fraction of sp³-hybridized carbons (Fsp3) is 0.857. The molecule has 0 unspecified atom stereocenters. The minimum atomic E-state index is -0.291. The Kier molecular flexibility index (Phi) is 4.25. The van der Waals surface area contributed by atoms with E-state index in [1.165, 1.54) is 24.2 Å². The molecule has 0 radical (unpaired) electrons. The first-order valence-electron chi connectivity index (χ1n) is 7.19. The van der Waals surface area contributed by atoms with Crippen LogP contribution in [0, 0.1) is 11.8 Å². The molecule has 1 aliphatic carbocycles. The number of nitrogens with one attached hydrogen (secondary N) is 1. The van der Waals surface area contributed by atoms with Crippen LogP contribution >= 0.6 is 0 Å². The SMILES string of the molecule is CC(C)C[C@@H]1NC(=O)N(CC2CCCCC2)C1=O. The van der Waals surface area contributed by atoms with Gasteiger partial charge in [-0.1, -0.05) is 33.1 Å². The van der Waals surface area contributed by atoms with E-state index in [0.717, 1.165) is 19.3 Å². The Morgan fingerprint density at radius 3 is 2.50 bits per heavy atom. The molecule has 2 aliphatic rings. The van der Waals surface area contributed by atoms with Crippen molar-refractivity contribution in [2.24, 2.45) is 11.8 Å². The van der Waals surface area contributed by atoms with Gasteiger partial charge in [-0.25, -0.2) is 4.79 Å². The van der Waals surface area contributed by atoms with Gasteiger partial charge < -0.3 is 5.32 Å². The highest BCUT2D eigenvalue weighted by molar-refractivity contribution is 6.04. The first kappa shape index (κ1) is 13.4. The summed E-state index contributed by atoms with van der Waals surface area (Å²) >= 11 is 0. The summed E-state index contributed by atoms with van der Waals surface area (Å²) < 4.78 is 0. The Balaban J connectivity index is 1.91. The fourth-order valence-electron chi connectivity index (χ4n) is 3.01. The molecule has 4 nitrogen and oxygen atoms in total. The molecule has 1 atom stereocenters. The second-order valence-corrected chi connectivity index (χ2v) is 6.08. The summed E-state index contributed by atoms with van der Waals surface area (Å²) in [6.45, 7) is 4.77. The molecule has 0 bridgehead atoms. The van der Waals surface area contributed by atoms with Crippen LogP contribution in [0.2, 0.25) is 0 Å². The lowest BCUT2D eigenvalue weighted by Crippen LogP contribution is -2.36. The molecule has 1 heterocycles. The van der Waals surface area contributed by atoms with E-state index in [4.69, 9.17) is 0 Å². The van der Waals surface area contributed by atoms with Crippen molar-refractivity contribution in [2.45, 2.75) is 58.4 Å². The maximum Gasteiger partial charge on any atom is 0.324 e. The minimum absolute atomic E-state index is 0.0146. The lowest BCUT2D eigenvalue weighted by molar-refractivity contribution is -0.128. The van der Waals surface area contributed by atoms with Crippen LogP contribution < -0.4 is 5.32 Å². The number of hydrogen-bond acceptors (Lipinski definition) is 2. The third-order valence-corrected chi connectivity index (χ3v) is 3.98. The van der Waals surface area contributed by atoms with Crippen LogP contribution in [0.5, 0.6) is 0 Å². The lowest BCUT2D eigenvalue weighted by atomic mass is 9.89. The Hall–Kier alpha value is -1.06. The number of imide groups is 1. The van der Waals surface area contributed by atoms with Crippen molar-refractivity contribution in [1.82, 2.24) is 10.2 Å². The van der Waals surface area contributed by atoms with E-state index in [0.29, 0.717) is 18.4 Å². The molecule has 0 aromatic carbocycles. The van der Waals surface area contributed by atoms with Gasteiger partial charge in [0, 0.05) is 6.54 Å². The zero-order valence-electron chi connectivity index (χ0n) is 11.4. The zero-order chi connectivity index (χ0) is 13.1. The van der Waals surface area contributed by atoms with E-state index < -0.39 is 0 Å². The third-order valence-electron chi connectivity index (χ3n) is 3.98. The van der Waals surface area contributed by atoms with Gasteiger partial charge >= 0.3 is 6.03 Å². The van der Waals surface area contributed by atoms with Crippen LogP contribution in [0.15, 0.2) is 0 Å². The Morgan fingerprint density at radius 1 is 1.22 bits per heavy atom. The number of carbonyl (C=O) groups excluding carboxylic acids is 2.